The molecule has 2 saturated heterocycles. The number of aryl methyl sites for hydroxylation is 2. The first kappa shape index (κ1) is 18.6. The van der Waals surface area contributed by atoms with E-state index in [1.807, 2.05) is 39.0 Å². The number of nitrogens with zero attached hydrogens (tertiary/aromatic N) is 1. The minimum Gasteiger partial charge on any atom is -0.483 e. The van der Waals surface area contributed by atoms with E-state index in [1.165, 1.54) is 0 Å². The van der Waals surface area contributed by atoms with Gasteiger partial charge in [-0.15, -0.1) is 11.8 Å². The average molecular weight is 377 g/mol. The number of hydrogen-bond acceptors (Lipinski definition) is 5. The van der Waals surface area contributed by atoms with Crippen LogP contribution in [0, 0.1) is 13.8 Å². The van der Waals surface area contributed by atoms with Gasteiger partial charge in [-0.1, -0.05) is 18.2 Å². The van der Waals surface area contributed by atoms with E-state index >= 15 is 0 Å². The number of benzene rings is 1. The molecule has 1 aromatic carbocycles. The summed E-state index contributed by atoms with van der Waals surface area (Å²) in [7, 11) is 0. The highest BCUT2D eigenvalue weighted by molar-refractivity contribution is 8.01. The van der Waals surface area contributed by atoms with Crippen molar-refractivity contribution in [1.82, 2.24) is 15.8 Å². The van der Waals surface area contributed by atoms with E-state index in [2.05, 4.69) is 10.9 Å². The number of para-hydroxylation sites is 1. The molecule has 0 saturated carbocycles. The van der Waals surface area contributed by atoms with Crippen LogP contribution in [0.5, 0.6) is 5.75 Å². The zero-order valence-electron chi connectivity index (χ0n) is 15.1. The topological polar surface area (TPSA) is 87.7 Å². The summed E-state index contributed by atoms with van der Waals surface area (Å²) in [6.07, 6.45) is 1.21. The van der Waals surface area contributed by atoms with Crippen LogP contribution in [0.4, 0.5) is 0 Å². The molecule has 2 N–H and O–H groups in total. The van der Waals surface area contributed by atoms with Crippen LogP contribution in [-0.4, -0.2) is 45.9 Å². The Labute approximate surface area is 156 Å². The van der Waals surface area contributed by atoms with Gasteiger partial charge in [-0.05, 0) is 38.3 Å². The Bertz CT molecular complexity index is 734. The van der Waals surface area contributed by atoms with E-state index in [1.54, 1.807) is 16.7 Å². The highest BCUT2D eigenvalue weighted by Crippen LogP contribution is 2.47. The van der Waals surface area contributed by atoms with Crippen LogP contribution in [-0.2, 0) is 14.4 Å². The molecule has 0 aliphatic carbocycles. The van der Waals surface area contributed by atoms with Gasteiger partial charge in [0.25, 0.3) is 11.8 Å². The molecule has 140 valence electrons. The van der Waals surface area contributed by atoms with Crippen molar-refractivity contribution in [2.24, 2.45) is 0 Å². The van der Waals surface area contributed by atoms with E-state index in [-0.39, 0.29) is 23.3 Å². The summed E-state index contributed by atoms with van der Waals surface area (Å²) < 4.78 is 5.56. The maximum Gasteiger partial charge on any atom is 0.276 e. The summed E-state index contributed by atoms with van der Waals surface area (Å²) in [5.41, 5.74) is 6.66. The number of hydrazine groups is 1. The van der Waals surface area contributed by atoms with Crippen LogP contribution >= 0.6 is 11.8 Å². The molecule has 3 amide bonds. The Hall–Kier alpha value is -2.22. The molecule has 0 radical (unpaired) electrons. The average Bonchev–Trinajstić information content (AvgIpc) is 3.08. The number of hydrogen-bond donors (Lipinski definition) is 2. The minimum absolute atomic E-state index is 0.0117. The van der Waals surface area contributed by atoms with E-state index in [0.717, 1.165) is 17.5 Å². The van der Waals surface area contributed by atoms with Gasteiger partial charge in [-0.3, -0.25) is 25.2 Å². The fourth-order valence-corrected chi connectivity index (χ4v) is 4.86. The van der Waals surface area contributed by atoms with Gasteiger partial charge in [0.15, 0.2) is 6.61 Å². The SMILES string of the molecule is Cc1cccc(C)c1OCC(=O)NNC(=O)[C@@H]1CS[C@@]2(C)CCC(=O)N12. The zero-order chi connectivity index (χ0) is 18.9. The van der Waals surface area contributed by atoms with Crippen molar-refractivity contribution in [3.8, 4) is 5.75 Å². The van der Waals surface area contributed by atoms with Crippen LogP contribution in [0.1, 0.15) is 30.9 Å². The first-order chi connectivity index (χ1) is 12.3. The Morgan fingerprint density at radius 3 is 2.69 bits per heavy atom. The molecule has 3 rings (SSSR count). The zero-order valence-corrected chi connectivity index (χ0v) is 15.9. The fraction of sp³-hybridized carbons (Fsp3) is 0.500. The smallest absolute Gasteiger partial charge is 0.276 e. The van der Waals surface area contributed by atoms with Gasteiger partial charge in [0.05, 0.1) is 4.87 Å². The van der Waals surface area contributed by atoms with Gasteiger partial charge >= 0.3 is 0 Å². The first-order valence-electron chi connectivity index (χ1n) is 8.55. The molecule has 7 nitrogen and oxygen atoms in total. The lowest BCUT2D eigenvalue weighted by atomic mass is 10.1. The molecule has 0 unspecified atom stereocenters. The third-order valence-corrected chi connectivity index (χ3v) is 6.33. The molecule has 2 aliphatic heterocycles. The van der Waals surface area contributed by atoms with Gasteiger partial charge < -0.3 is 9.64 Å². The summed E-state index contributed by atoms with van der Waals surface area (Å²) in [5.74, 6) is 0.351. The Morgan fingerprint density at radius 1 is 1.31 bits per heavy atom. The second-order valence-corrected chi connectivity index (χ2v) is 8.31. The van der Waals surface area contributed by atoms with E-state index in [9.17, 15) is 14.4 Å². The third kappa shape index (κ3) is 3.51. The second kappa shape index (κ2) is 7.19. The highest BCUT2D eigenvalue weighted by Gasteiger charge is 2.52. The van der Waals surface area contributed by atoms with E-state index < -0.39 is 11.9 Å². The van der Waals surface area contributed by atoms with Crippen molar-refractivity contribution in [3.05, 3.63) is 29.3 Å². The van der Waals surface area contributed by atoms with Crippen LogP contribution in [0.15, 0.2) is 18.2 Å². The van der Waals surface area contributed by atoms with Crippen LogP contribution < -0.4 is 15.6 Å². The quantitative estimate of drug-likeness (QED) is 0.772. The van der Waals surface area contributed by atoms with E-state index in [0.29, 0.717) is 17.9 Å². The first-order valence-corrected chi connectivity index (χ1v) is 9.54. The molecular weight excluding hydrogens is 354 g/mol. The van der Waals surface area contributed by atoms with Crippen molar-refractivity contribution < 1.29 is 19.1 Å². The number of amides is 3. The largest absolute Gasteiger partial charge is 0.483 e. The van der Waals surface area contributed by atoms with Gasteiger partial charge in [-0.2, -0.15) is 0 Å². The highest BCUT2D eigenvalue weighted by atomic mass is 32.2. The van der Waals surface area contributed by atoms with Gasteiger partial charge in [0.1, 0.15) is 11.8 Å². The monoisotopic (exact) mass is 377 g/mol. The normalized spacial score (nSPS) is 24.3. The number of rotatable bonds is 4. The Balaban J connectivity index is 1.50. The summed E-state index contributed by atoms with van der Waals surface area (Å²) >= 11 is 1.61. The lowest BCUT2D eigenvalue weighted by Gasteiger charge is -2.29. The van der Waals surface area contributed by atoms with Crippen LogP contribution in [0.2, 0.25) is 0 Å². The molecule has 8 heteroatoms. The van der Waals surface area contributed by atoms with Gasteiger partial charge in [0.2, 0.25) is 5.91 Å². The summed E-state index contributed by atoms with van der Waals surface area (Å²) in [6.45, 7) is 5.59. The van der Waals surface area contributed by atoms with Crippen molar-refractivity contribution in [3.63, 3.8) is 0 Å². The number of nitrogens with one attached hydrogen (secondary N) is 2. The summed E-state index contributed by atoms with van der Waals surface area (Å²) in [4.78, 5) is 37.8. The molecule has 2 heterocycles. The van der Waals surface area contributed by atoms with Crippen molar-refractivity contribution in [2.45, 2.75) is 44.5 Å². The number of thioether (sulfide) groups is 1. The molecule has 1 aromatic rings. The van der Waals surface area contributed by atoms with Gasteiger partial charge in [0, 0.05) is 12.2 Å². The fourth-order valence-electron chi connectivity index (χ4n) is 3.43. The molecule has 26 heavy (non-hydrogen) atoms. The van der Waals surface area contributed by atoms with Crippen LogP contribution in [0.25, 0.3) is 0 Å². The number of ether oxygens (including phenoxy) is 1. The van der Waals surface area contributed by atoms with E-state index in [4.69, 9.17) is 4.74 Å². The van der Waals surface area contributed by atoms with Crippen molar-refractivity contribution >= 4 is 29.5 Å². The molecule has 0 bridgehead atoms. The molecule has 0 spiro atoms. The third-order valence-electron chi connectivity index (χ3n) is 4.83. The lowest BCUT2D eigenvalue weighted by molar-refractivity contribution is -0.139. The predicted molar refractivity (Wildman–Crippen MR) is 98.4 cm³/mol. The van der Waals surface area contributed by atoms with Crippen molar-refractivity contribution in [2.75, 3.05) is 12.4 Å². The number of fused-ring (bicyclic) bond motifs is 1. The second-order valence-electron chi connectivity index (χ2n) is 6.81. The van der Waals surface area contributed by atoms with Crippen LogP contribution in [0.3, 0.4) is 0 Å². The Kier molecular flexibility index (Phi) is 5.13. The number of carbonyl (C=O) groups excluding carboxylic acids is 3. The summed E-state index contributed by atoms with van der Waals surface area (Å²) in [6, 6.07) is 5.18. The maximum absolute atomic E-state index is 12.4. The molecule has 2 fully saturated rings. The number of carbonyl (C=O) groups is 3. The summed E-state index contributed by atoms with van der Waals surface area (Å²) in [5, 5.41) is 0. The Morgan fingerprint density at radius 2 is 2.00 bits per heavy atom. The standard InChI is InChI=1S/C18H23N3O4S/c1-11-5-4-6-12(2)16(11)25-9-14(22)19-20-17(24)13-10-26-18(3)8-7-15(23)21(13)18/h4-6,13H,7-10H2,1-3H3,(H,19,22)(H,20,24)/t13-,18-/m0/s1. The molecule has 2 aliphatic rings. The lowest BCUT2D eigenvalue weighted by Crippen LogP contribution is -2.54. The minimum atomic E-state index is -0.556. The van der Waals surface area contributed by atoms with Crippen molar-refractivity contribution in [1.29, 1.82) is 0 Å². The predicted octanol–water partition coefficient (Wildman–Crippen LogP) is 1.28. The van der Waals surface area contributed by atoms with Gasteiger partial charge in [-0.25, -0.2) is 0 Å². The molecule has 0 aromatic heterocycles. The molecular formula is C18H23N3O4S. The molecule has 2 atom stereocenters. The maximum atomic E-state index is 12.4.